The molecule has 3 heterocycles. The van der Waals surface area contributed by atoms with Gasteiger partial charge in [-0.2, -0.15) is 4.98 Å². The van der Waals surface area contributed by atoms with Gasteiger partial charge in [0.25, 0.3) is 11.8 Å². The topological polar surface area (TPSA) is 72.1 Å². The molecule has 144 valence electrons. The lowest BCUT2D eigenvalue weighted by Crippen LogP contribution is -2.39. The van der Waals surface area contributed by atoms with E-state index in [0.29, 0.717) is 30.0 Å². The summed E-state index contributed by atoms with van der Waals surface area (Å²) in [4.78, 5) is 23.5. The lowest BCUT2D eigenvalue weighted by atomic mass is 9.97. The van der Waals surface area contributed by atoms with Gasteiger partial charge < -0.3 is 9.42 Å². The maximum atomic E-state index is 13.4. The van der Waals surface area contributed by atoms with Crippen LogP contribution in [0.4, 0.5) is 4.39 Å². The number of amides is 1. The lowest BCUT2D eigenvalue weighted by molar-refractivity contribution is 0.0699. The van der Waals surface area contributed by atoms with E-state index in [4.69, 9.17) is 4.52 Å². The number of benzene rings is 1. The maximum Gasteiger partial charge on any atom is 0.258 e. The van der Waals surface area contributed by atoms with Crippen LogP contribution in [0.5, 0.6) is 0 Å². The van der Waals surface area contributed by atoms with Crippen molar-refractivity contribution in [2.24, 2.45) is 0 Å². The minimum absolute atomic E-state index is 0.0156. The summed E-state index contributed by atoms with van der Waals surface area (Å²) in [5.41, 5.74) is 1.16. The monoisotopic (exact) mass is 398 g/mol. The number of carbonyl (C=O) groups excluding carboxylic acids is 1. The molecule has 1 aliphatic heterocycles. The number of nitrogens with zero attached hydrogens (tertiary/aromatic N) is 4. The zero-order chi connectivity index (χ0) is 19.5. The molecule has 1 aromatic carbocycles. The molecule has 0 bridgehead atoms. The molecule has 1 fully saturated rings. The lowest BCUT2D eigenvalue weighted by Gasteiger charge is -2.31. The molecule has 0 saturated carbocycles. The molecule has 6 nitrogen and oxygen atoms in total. The molecule has 0 radical (unpaired) electrons. The fourth-order valence-corrected chi connectivity index (χ4v) is 3.94. The second-order valence-electron chi connectivity index (χ2n) is 6.62. The van der Waals surface area contributed by atoms with Crippen molar-refractivity contribution >= 4 is 17.7 Å². The number of thioether (sulfide) groups is 1. The van der Waals surface area contributed by atoms with Crippen LogP contribution >= 0.6 is 11.8 Å². The molecule has 4 rings (SSSR count). The molecule has 0 unspecified atom stereocenters. The van der Waals surface area contributed by atoms with Gasteiger partial charge in [-0.15, -0.1) is 11.8 Å². The number of hydrogen-bond acceptors (Lipinski definition) is 6. The third-order valence-electron chi connectivity index (χ3n) is 4.78. The molecule has 28 heavy (non-hydrogen) atoms. The quantitative estimate of drug-likeness (QED) is 0.619. The van der Waals surface area contributed by atoms with E-state index in [9.17, 15) is 9.18 Å². The summed E-state index contributed by atoms with van der Waals surface area (Å²) >= 11 is 1.46. The van der Waals surface area contributed by atoms with E-state index in [1.807, 2.05) is 11.2 Å². The first-order valence-electron chi connectivity index (χ1n) is 9.03. The van der Waals surface area contributed by atoms with Crippen molar-refractivity contribution in [3.63, 3.8) is 0 Å². The molecule has 0 aliphatic carbocycles. The Balaban J connectivity index is 1.52. The summed E-state index contributed by atoms with van der Waals surface area (Å²) < 4.78 is 18.8. The van der Waals surface area contributed by atoms with Crippen LogP contribution in [0.25, 0.3) is 11.5 Å². The third-order valence-corrected chi connectivity index (χ3v) is 5.49. The average Bonchev–Trinajstić information content (AvgIpc) is 3.24. The molecule has 1 amide bonds. The first-order chi connectivity index (χ1) is 13.7. The van der Waals surface area contributed by atoms with Crippen LogP contribution in [0.15, 0.2) is 52.1 Å². The van der Waals surface area contributed by atoms with E-state index in [1.54, 1.807) is 30.5 Å². The van der Waals surface area contributed by atoms with Crippen molar-refractivity contribution in [1.29, 1.82) is 0 Å². The van der Waals surface area contributed by atoms with Gasteiger partial charge in [0.2, 0.25) is 0 Å². The Bertz CT molecular complexity index is 994. The number of halogens is 1. The van der Waals surface area contributed by atoms with E-state index >= 15 is 0 Å². The Morgan fingerprint density at radius 2 is 2.21 bits per heavy atom. The highest BCUT2D eigenvalue weighted by molar-refractivity contribution is 7.98. The van der Waals surface area contributed by atoms with Crippen molar-refractivity contribution in [2.45, 2.75) is 23.8 Å². The van der Waals surface area contributed by atoms with Crippen LogP contribution in [-0.4, -0.2) is 45.3 Å². The largest absolute Gasteiger partial charge is 0.338 e. The van der Waals surface area contributed by atoms with E-state index < -0.39 is 0 Å². The fourth-order valence-electron chi connectivity index (χ4n) is 3.40. The second kappa shape index (κ2) is 8.10. The number of likely N-dealkylation sites (tertiary alicyclic amines) is 1. The maximum absolute atomic E-state index is 13.4. The Hall–Kier alpha value is -2.74. The van der Waals surface area contributed by atoms with Gasteiger partial charge >= 0.3 is 0 Å². The first-order valence-corrected chi connectivity index (χ1v) is 10.3. The minimum Gasteiger partial charge on any atom is -0.338 e. The van der Waals surface area contributed by atoms with E-state index in [2.05, 4.69) is 15.1 Å². The second-order valence-corrected chi connectivity index (χ2v) is 7.41. The molecule has 2 aromatic heterocycles. The first kappa shape index (κ1) is 18.6. The molecular weight excluding hydrogens is 379 g/mol. The highest BCUT2D eigenvalue weighted by atomic mass is 32.2. The summed E-state index contributed by atoms with van der Waals surface area (Å²) in [5, 5.41) is 4.81. The van der Waals surface area contributed by atoms with E-state index in [0.717, 1.165) is 17.9 Å². The standard InChI is InChI=1S/C20H19FN4O2S/c1-28-19-16(8-3-9-22-19)20(26)25-10-4-6-14(12-25)17-23-18(27-24-17)13-5-2-7-15(21)11-13/h2-3,5,7-9,11,14H,4,6,10,12H2,1H3/t14-/m1/s1. The van der Waals surface area contributed by atoms with Gasteiger partial charge in [-0.25, -0.2) is 9.37 Å². The van der Waals surface area contributed by atoms with Crippen LogP contribution in [0.2, 0.25) is 0 Å². The number of piperidine rings is 1. The van der Waals surface area contributed by atoms with E-state index in [-0.39, 0.29) is 23.5 Å². The third kappa shape index (κ3) is 3.77. The van der Waals surface area contributed by atoms with Crippen LogP contribution in [-0.2, 0) is 0 Å². The molecule has 1 saturated heterocycles. The Labute approximate surface area is 166 Å². The molecule has 1 atom stereocenters. The van der Waals surface area contributed by atoms with Gasteiger partial charge in [-0.05, 0) is 49.4 Å². The summed E-state index contributed by atoms with van der Waals surface area (Å²) in [6.45, 7) is 1.20. The van der Waals surface area contributed by atoms with Crippen molar-refractivity contribution in [3.8, 4) is 11.5 Å². The number of pyridine rings is 1. The normalized spacial score (nSPS) is 16.9. The smallest absolute Gasteiger partial charge is 0.258 e. The molecule has 0 spiro atoms. The van der Waals surface area contributed by atoms with Crippen LogP contribution in [0.3, 0.4) is 0 Å². The van der Waals surface area contributed by atoms with Crippen LogP contribution < -0.4 is 0 Å². The van der Waals surface area contributed by atoms with Gasteiger partial charge in [0.05, 0.1) is 5.56 Å². The number of rotatable bonds is 4. The van der Waals surface area contributed by atoms with Crippen LogP contribution in [0, 0.1) is 5.82 Å². The number of hydrogen-bond donors (Lipinski definition) is 0. The molecule has 8 heteroatoms. The van der Waals surface area contributed by atoms with Crippen LogP contribution in [0.1, 0.15) is 34.9 Å². The summed E-state index contributed by atoms with van der Waals surface area (Å²) in [7, 11) is 0. The van der Waals surface area contributed by atoms with Gasteiger partial charge in [-0.1, -0.05) is 11.2 Å². The predicted octanol–water partition coefficient (Wildman–Crippen LogP) is 4.01. The Kier molecular flexibility index (Phi) is 5.38. The minimum atomic E-state index is -0.354. The Morgan fingerprint density at radius 1 is 1.32 bits per heavy atom. The average molecular weight is 398 g/mol. The van der Waals surface area contributed by atoms with Gasteiger partial charge in [0, 0.05) is 30.8 Å². The van der Waals surface area contributed by atoms with Gasteiger partial charge in [-0.3, -0.25) is 4.79 Å². The van der Waals surface area contributed by atoms with Crippen molar-refractivity contribution in [3.05, 3.63) is 59.8 Å². The van der Waals surface area contributed by atoms with Gasteiger partial charge in [0.1, 0.15) is 10.8 Å². The van der Waals surface area contributed by atoms with Crippen molar-refractivity contribution in [2.75, 3.05) is 19.3 Å². The zero-order valence-corrected chi connectivity index (χ0v) is 16.2. The fraction of sp³-hybridized carbons (Fsp3) is 0.300. The summed E-state index contributed by atoms with van der Waals surface area (Å²) in [5.74, 6) is 0.435. The molecule has 3 aromatic rings. The number of aromatic nitrogens is 3. The summed E-state index contributed by atoms with van der Waals surface area (Å²) in [6, 6.07) is 9.64. The predicted molar refractivity (Wildman–Crippen MR) is 104 cm³/mol. The van der Waals surface area contributed by atoms with E-state index in [1.165, 1.54) is 23.9 Å². The highest BCUT2D eigenvalue weighted by Gasteiger charge is 2.29. The van der Waals surface area contributed by atoms with Crippen molar-refractivity contribution < 1.29 is 13.7 Å². The molecular formula is C20H19FN4O2S. The van der Waals surface area contributed by atoms with Gasteiger partial charge in [0.15, 0.2) is 5.82 Å². The molecule has 1 aliphatic rings. The Morgan fingerprint density at radius 3 is 3.04 bits per heavy atom. The van der Waals surface area contributed by atoms with Crippen molar-refractivity contribution in [1.82, 2.24) is 20.0 Å². The molecule has 0 N–H and O–H groups in total. The zero-order valence-electron chi connectivity index (χ0n) is 15.3. The SMILES string of the molecule is CSc1ncccc1C(=O)N1CCC[C@@H](c2noc(-c3cccc(F)c3)n2)C1. The summed E-state index contributed by atoms with van der Waals surface area (Å²) in [6.07, 6.45) is 5.32. The number of carbonyl (C=O) groups is 1. The highest BCUT2D eigenvalue weighted by Crippen LogP contribution is 2.29.